The fourth-order valence-corrected chi connectivity index (χ4v) is 1.52. The van der Waals surface area contributed by atoms with Crippen molar-refractivity contribution < 1.29 is 9.53 Å². The van der Waals surface area contributed by atoms with E-state index < -0.39 is 6.10 Å². The van der Waals surface area contributed by atoms with Crippen molar-refractivity contribution in [1.29, 1.82) is 0 Å². The second-order valence-electron chi connectivity index (χ2n) is 4.97. The largest absolute Gasteiger partial charge is 0.481 e. The fraction of sp³-hybridized carbons (Fsp3) is 0.533. The molecule has 0 aromatic heterocycles. The third-order valence-corrected chi connectivity index (χ3v) is 2.65. The molecule has 1 atom stereocenters. The van der Waals surface area contributed by atoms with Crippen molar-refractivity contribution in [2.75, 3.05) is 6.54 Å². The predicted molar refractivity (Wildman–Crippen MR) is 73.7 cm³/mol. The summed E-state index contributed by atoms with van der Waals surface area (Å²) in [4.78, 5) is 11.9. The molecule has 0 radical (unpaired) electrons. The van der Waals surface area contributed by atoms with Gasteiger partial charge in [0.1, 0.15) is 5.75 Å². The lowest BCUT2D eigenvalue weighted by Gasteiger charge is -2.18. The van der Waals surface area contributed by atoms with E-state index in [-0.39, 0.29) is 5.91 Å². The molecule has 0 fully saturated rings. The van der Waals surface area contributed by atoms with Crippen molar-refractivity contribution in [3.8, 4) is 5.75 Å². The molecular weight excluding hydrogens is 226 g/mol. The Morgan fingerprint density at radius 1 is 1.28 bits per heavy atom. The minimum Gasteiger partial charge on any atom is -0.481 e. The zero-order valence-electron chi connectivity index (χ0n) is 11.7. The monoisotopic (exact) mass is 249 g/mol. The normalized spacial score (nSPS) is 12.3. The zero-order valence-corrected chi connectivity index (χ0v) is 11.7. The molecule has 100 valence electrons. The van der Waals surface area contributed by atoms with Gasteiger partial charge in [-0.05, 0) is 31.4 Å². The summed E-state index contributed by atoms with van der Waals surface area (Å²) in [5, 5.41) is 2.90. The van der Waals surface area contributed by atoms with E-state index in [1.165, 1.54) is 5.56 Å². The Bertz CT molecular complexity index is 371. The molecule has 0 heterocycles. The third-order valence-electron chi connectivity index (χ3n) is 2.65. The van der Waals surface area contributed by atoms with Crippen LogP contribution in [0.4, 0.5) is 0 Å². The summed E-state index contributed by atoms with van der Waals surface area (Å²) in [7, 11) is 0. The Hall–Kier alpha value is -1.51. The first-order valence-electron chi connectivity index (χ1n) is 6.54. The van der Waals surface area contributed by atoms with E-state index in [9.17, 15) is 4.79 Å². The van der Waals surface area contributed by atoms with Crippen molar-refractivity contribution >= 4 is 5.91 Å². The number of benzene rings is 1. The number of carbonyl (C=O) groups is 1. The molecule has 0 saturated carbocycles. The Morgan fingerprint density at radius 2 is 1.89 bits per heavy atom. The Balaban J connectivity index is 2.55. The van der Waals surface area contributed by atoms with Crippen LogP contribution in [0, 0.1) is 12.8 Å². The number of aryl methyl sites for hydroxylation is 1. The zero-order chi connectivity index (χ0) is 13.5. The van der Waals surface area contributed by atoms with E-state index in [4.69, 9.17) is 4.74 Å². The highest BCUT2D eigenvalue weighted by atomic mass is 16.5. The van der Waals surface area contributed by atoms with Crippen molar-refractivity contribution in [2.24, 2.45) is 5.92 Å². The quantitative estimate of drug-likeness (QED) is 0.841. The van der Waals surface area contributed by atoms with Crippen LogP contribution in [0.3, 0.4) is 0 Å². The van der Waals surface area contributed by atoms with Gasteiger partial charge in [-0.3, -0.25) is 4.79 Å². The first-order chi connectivity index (χ1) is 8.52. The molecule has 1 rings (SSSR count). The number of nitrogens with one attached hydrogen (secondary N) is 1. The number of amides is 1. The van der Waals surface area contributed by atoms with Crippen LogP contribution in [0.5, 0.6) is 5.75 Å². The molecule has 1 amide bonds. The minimum atomic E-state index is -0.411. The number of carbonyl (C=O) groups excluding carboxylic acids is 1. The maximum absolute atomic E-state index is 11.9. The second kappa shape index (κ2) is 7.04. The van der Waals surface area contributed by atoms with Gasteiger partial charge in [0.05, 0.1) is 0 Å². The van der Waals surface area contributed by atoms with Gasteiger partial charge in [-0.15, -0.1) is 0 Å². The highest BCUT2D eigenvalue weighted by molar-refractivity contribution is 5.81. The van der Waals surface area contributed by atoms with Gasteiger partial charge in [0.2, 0.25) is 0 Å². The van der Waals surface area contributed by atoms with Crippen LogP contribution < -0.4 is 10.1 Å². The first kappa shape index (κ1) is 14.6. The van der Waals surface area contributed by atoms with Crippen LogP contribution in [-0.4, -0.2) is 18.6 Å². The van der Waals surface area contributed by atoms with Crippen LogP contribution in [0.1, 0.15) is 32.8 Å². The van der Waals surface area contributed by atoms with Crippen molar-refractivity contribution in [1.82, 2.24) is 5.32 Å². The standard InChI is InChI=1S/C15H23NO2/c1-5-14(15(17)16-10-11(2)3)18-13-8-6-12(4)7-9-13/h6-9,11,14H,5,10H2,1-4H3,(H,16,17). The van der Waals surface area contributed by atoms with Crippen molar-refractivity contribution in [3.05, 3.63) is 29.8 Å². The van der Waals surface area contributed by atoms with Gasteiger partial charge in [0.25, 0.3) is 5.91 Å². The smallest absolute Gasteiger partial charge is 0.261 e. The summed E-state index contributed by atoms with van der Waals surface area (Å²) in [5.74, 6) is 1.16. The topological polar surface area (TPSA) is 38.3 Å². The molecule has 1 N–H and O–H groups in total. The van der Waals surface area contributed by atoms with Crippen molar-refractivity contribution in [2.45, 2.75) is 40.2 Å². The average molecular weight is 249 g/mol. The van der Waals surface area contributed by atoms with E-state index in [0.717, 1.165) is 5.75 Å². The Labute approximate surface area is 110 Å². The number of ether oxygens (including phenoxy) is 1. The van der Waals surface area contributed by atoms with Gasteiger partial charge < -0.3 is 10.1 Å². The SMILES string of the molecule is CCC(Oc1ccc(C)cc1)C(=O)NCC(C)C. The van der Waals surface area contributed by atoms with Gasteiger partial charge in [-0.25, -0.2) is 0 Å². The first-order valence-corrected chi connectivity index (χ1v) is 6.54. The molecular formula is C15H23NO2. The van der Waals surface area contributed by atoms with Crippen LogP contribution in [0.15, 0.2) is 24.3 Å². The van der Waals surface area contributed by atoms with Gasteiger partial charge in [0, 0.05) is 6.54 Å². The van der Waals surface area contributed by atoms with Crippen LogP contribution >= 0.6 is 0 Å². The molecule has 0 aliphatic rings. The maximum atomic E-state index is 11.9. The number of rotatable bonds is 6. The lowest BCUT2D eigenvalue weighted by Crippen LogP contribution is -2.39. The maximum Gasteiger partial charge on any atom is 0.261 e. The van der Waals surface area contributed by atoms with E-state index in [2.05, 4.69) is 19.2 Å². The number of hydrogen-bond donors (Lipinski definition) is 1. The van der Waals surface area contributed by atoms with E-state index in [0.29, 0.717) is 18.9 Å². The predicted octanol–water partition coefficient (Wildman–Crippen LogP) is 2.92. The molecule has 0 bridgehead atoms. The molecule has 3 heteroatoms. The lowest BCUT2D eigenvalue weighted by molar-refractivity contribution is -0.128. The van der Waals surface area contributed by atoms with E-state index >= 15 is 0 Å². The molecule has 0 aliphatic carbocycles. The van der Waals surface area contributed by atoms with Gasteiger partial charge in [0.15, 0.2) is 6.10 Å². The highest BCUT2D eigenvalue weighted by Crippen LogP contribution is 2.14. The minimum absolute atomic E-state index is 0.0354. The van der Waals surface area contributed by atoms with Crippen molar-refractivity contribution in [3.63, 3.8) is 0 Å². The second-order valence-corrected chi connectivity index (χ2v) is 4.97. The van der Waals surface area contributed by atoms with Crippen LogP contribution in [0.25, 0.3) is 0 Å². The summed E-state index contributed by atoms with van der Waals surface area (Å²) in [6.07, 6.45) is 0.254. The average Bonchev–Trinajstić information content (AvgIpc) is 2.35. The molecule has 18 heavy (non-hydrogen) atoms. The fourth-order valence-electron chi connectivity index (χ4n) is 1.52. The summed E-state index contributed by atoms with van der Waals surface area (Å²) < 4.78 is 5.70. The van der Waals surface area contributed by atoms with Gasteiger partial charge in [-0.2, -0.15) is 0 Å². The van der Waals surface area contributed by atoms with Gasteiger partial charge in [-0.1, -0.05) is 38.5 Å². The Morgan fingerprint density at radius 3 is 2.39 bits per heavy atom. The number of hydrogen-bond acceptors (Lipinski definition) is 2. The molecule has 0 aliphatic heterocycles. The summed E-state index contributed by atoms with van der Waals surface area (Å²) in [6.45, 7) is 8.81. The molecule has 0 saturated heterocycles. The highest BCUT2D eigenvalue weighted by Gasteiger charge is 2.17. The van der Waals surface area contributed by atoms with E-state index in [1.807, 2.05) is 38.1 Å². The molecule has 0 spiro atoms. The summed E-state index contributed by atoms with van der Waals surface area (Å²) in [5.41, 5.74) is 1.18. The molecule has 1 unspecified atom stereocenters. The summed E-state index contributed by atoms with van der Waals surface area (Å²) in [6, 6.07) is 7.75. The van der Waals surface area contributed by atoms with Crippen LogP contribution in [-0.2, 0) is 4.79 Å². The lowest BCUT2D eigenvalue weighted by atomic mass is 10.2. The van der Waals surface area contributed by atoms with E-state index in [1.54, 1.807) is 0 Å². The van der Waals surface area contributed by atoms with Gasteiger partial charge >= 0.3 is 0 Å². The Kier molecular flexibility index (Phi) is 5.69. The third kappa shape index (κ3) is 4.78. The molecule has 1 aromatic carbocycles. The summed E-state index contributed by atoms with van der Waals surface area (Å²) >= 11 is 0. The molecule has 3 nitrogen and oxygen atoms in total. The molecule has 1 aromatic rings. The van der Waals surface area contributed by atoms with Crippen LogP contribution in [0.2, 0.25) is 0 Å².